The standard InChI is InChI=1S/C22H23FN2O3/c1-2-28-21(27)18-12-22-15(10-11-24-18)4-3-5-19(22)25-13-17(22)20(26)14-6-8-16(23)9-7-14/h3-10,17-18,24-25H,2,11-13H2,1H3. The summed E-state index contributed by atoms with van der Waals surface area (Å²) in [7, 11) is 0. The first kappa shape index (κ1) is 18.6. The number of ketones is 1. The fourth-order valence-corrected chi connectivity index (χ4v) is 4.56. The van der Waals surface area contributed by atoms with Crippen LogP contribution in [0.1, 0.15) is 23.7 Å². The number of benzene rings is 1. The zero-order chi connectivity index (χ0) is 19.7. The van der Waals surface area contributed by atoms with Crippen molar-refractivity contribution in [3.8, 4) is 0 Å². The van der Waals surface area contributed by atoms with Crippen LogP contribution < -0.4 is 10.6 Å². The highest BCUT2D eigenvalue weighted by atomic mass is 19.1. The minimum Gasteiger partial charge on any atom is -0.465 e. The molecule has 1 saturated heterocycles. The highest BCUT2D eigenvalue weighted by Gasteiger charge is 2.55. The van der Waals surface area contributed by atoms with Gasteiger partial charge in [-0.1, -0.05) is 18.2 Å². The van der Waals surface area contributed by atoms with Gasteiger partial charge in [0.15, 0.2) is 5.78 Å². The average Bonchev–Trinajstić information content (AvgIpc) is 2.94. The highest BCUT2D eigenvalue weighted by Crippen LogP contribution is 2.53. The Hall–Kier alpha value is -2.73. The monoisotopic (exact) mass is 382 g/mol. The molecule has 1 aromatic rings. The Kier molecular flexibility index (Phi) is 4.89. The summed E-state index contributed by atoms with van der Waals surface area (Å²) in [4.78, 5) is 25.9. The molecule has 4 rings (SSSR count). The average molecular weight is 382 g/mol. The number of allylic oxidation sites excluding steroid dienone is 4. The molecule has 28 heavy (non-hydrogen) atoms. The lowest BCUT2D eigenvalue weighted by Gasteiger charge is -2.38. The van der Waals surface area contributed by atoms with E-state index in [1.54, 1.807) is 6.92 Å². The van der Waals surface area contributed by atoms with Gasteiger partial charge in [-0.15, -0.1) is 0 Å². The molecule has 5 nitrogen and oxygen atoms in total. The summed E-state index contributed by atoms with van der Waals surface area (Å²) in [6, 6.07) is 5.15. The van der Waals surface area contributed by atoms with Crippen molar-refractivity contribution in [2.75, 3.05) is 19.7 Å². The summed E-state index contributed by atoms with van der Waals surface area (Å²) in [6.07, 6.45) is 8.42. The minimum atomic E-state index is -0.624. The third kappa shape index (κ3) is 2.98. The predicted octanol–water partition coefficient (Wildman–Crippen LogP) is 2.52. The van der Waals surface area contributed by atoms with Crippen LogP contribution >= 0.6 is 0 Å². The lowest BCUT2D eigenvalue weighted by Crippen LogP contribution is -2.45. The maximum absolute atomic E-state index is 13.4. The van der Waals surface area contributed by atoms with E-state index in [0.29, 0.717) is 31.7 Å². The van der Waals surface area contributed by atoms with Gasteiger partial charge >= 0.3 is 5.97 Å². The van der Waals surface area contributed by atoms with Gasteiger partial charge in [0.25, 0.3) is 0 Å². The topological polar surface area (TPSA) is 67.4 Å². The summed E-state index contributed by atoms with van der Waals surface area (Å²) in [6.45, 7) is 3.08. The quantitative estimate of drug-likeness (QED) is 0.619. The number of nitrogens with one attached hydrogen (secondary N) is 2. The minimum absolute atomic E-state index is 0.0541. The summed E-state index contributed by atoms with van der Waals surface area (Å²) >= 11 is 0. The summed E-state index contributed by atoms with van der Waals surface area (Å²) < 4.78 is 18.6. The predicted molar refractivity (Wildman–Crippen MR) is 103 cm³/mol. The van der Waals surface area contributed by atoms with Crippen LogP contribution in [0.2, 0.25) is 0 Å². The molecular weight excluding hydrogens is 359 g/mol. The molecule has 1 aromatic carbocycles. The molecule has 3 unspecified atom stereocenters. The van der Waals surface area contributed by atoms with Crippen LogP contribution in [0.4, 0.5) is 4.39 Å². The fourth-order valence-electron chi connectivity index (χ4n) is 4.56. The van der Waals surface area contributed by atoms with E-state index in [9.17, 15) is 14.0 Å². The molecule has 2 N–H and O–H groups in total. The van der Waals surface area contributed by atoms with Crippen molar-refractivity contribution in [1.29, 1.82) is 0 Å². The number of halogens is 1. The molecule has 6 heteroatoms. The number of esters is 1. The first-order valence-corrected chi connectivity index (χ1v) is 9.59. The Balaban J connectivity index is 1.75. The van der Waals surface area contributed by atoms with Crippen LogP contribution in [0.25, 0.3) is 0 Å². The van der Waals surface area contributed by atoms with Gasteiger partial charge in [-0.05, 0) is 49.3 Å². The molecule has 3 aliphatic rings. The molecule has 0 saturated carbocycles. The van der Waals surface area contributed by atoms with E-state index >= 15 is 0 Å². The van der Waals surface area contributed by atoms with Gasteiger partial charge in [-0.25, -0.2) is 4.39 Å². The van der Waals surface area contributed by atoms with Gasteiger partial charge in [0.05, 0.1) is 12.5 Å². The van der Waals surface area contributed by atoms with Crippen molar-refractivity contribution in [2.24, 2.45) is 11.3 Å². The van der Waals surface area contributed by atoms with E-state index in [4.69, 9.17) is 4.74 Å². The van der Waals surface area contributed by atoms with Crippen molar-refractivity contribution in [3.63, 3.8) is 0 Å². The number of rotatable bonds is 4. The molecule has 1 aliphatic carbocycles. The number of carbonyl (C=O) groups is 2. The van der Waals surface area contributed by atoms with Gasteiger partial charge in [0, 0.05) is 29.8 Å². The normalized spacial score (nSPS) is 28.2. The van der Waals surface area contributed by atoms with E-state index in [0.717, 1.165) is 11.3 Å². The SMILES string of the molecule is CCOC(=O)C1CC23C(=CCN1)C=CC=C2NCC3C(=O)c1ccc(F)cc1. The smallest absolute Gasteiger partial charge is 0.323 e. The summed E-state index contributed by atoms with van der Waals surface area (Å²) in [5.41, 5.74) is 1.82. The van der Waals surface area contributed by atoms with Crippen molar-refractivity contribution < 1.29 is 18.7 Å². The van der Waals surface area contributed by atoms with Gasteiger partial charge < -0.3 is 15.4 Å². The van der Waals surface area contributed by atoms with Gasteiger partial charge in [0.1, 0.15) is 11.9 Å². The fraction of sp³-hybridized carbons (Fsp3) is 0.364. The molecule has 2 heterocycles. The van der Waals surface area contributed by atoms with Crippen LogP contribution in [0.5, 0.6) is 0 Å². The lowest BCUT2D eigenvalue weighted by molar-refractivity contribution is -0.146. The van der Waals surface area contributed by atoms with E-state index in [1.807, 2.05) is 24.3 Å². The lowest BCUT2D eigenvalue weighted by atomic mass is 9.63. The molecule has 0 radical (unpaired) electrons. The second-order valence-corrected chi connectivity index (χ2v) is 7.29. The maximum atomic E-state index is 13.4. The molecule has 0 aromatic heterocycles. The molecule has 1 fully saturated rings. The van der Waals surface area contributed by atoms with Crippen LogP contribution in [-0.4, -0.2) is 37.5 Å². The van der Waals surface area contributed by atoms with Crippen molar-refractivity contribution >= 4 is 11.8 Å². The molecule has 0 bridgehead atoms. The zero-order valence-electron chi connectivity index (χ0n) is 15.7. The first-order valence-electron chi connectivity index (χ1n) is 9.59. The van der Waals surface area contributed by atoms with E-state index in [-0.39, 0.29) is 17.6 Å². The summed E-state index contributed by atoms with van der Waals surface area (Å²) in [5.74, 6) is -1.12. The zero-order valence-corrected chi connectivity index (χ0v) is 15.7. The Morgan fingerprint density at radius 1 is 1.29 bits per heavy atom. The van der Waals surface area contributed by atoms with Crippen LogP contribution in [0, 0.1) is 17.2 Å². The van der Waals surface area contributed by atoms with Crippen molar-refractivity contribution in [1.82, 2.24) is 10.6 Å². The van der Waals surface area contributed by atoms with E-state index < -0.39 is 17.4 Å². The largest absolute Gasteiger partial charge is 0.465 e. The van der Waals surface area contributed by atoms with Gasteiger partial charge in [-0.3, -0.25) is 9.59 Å². The molecule has 146 valence electrons. The van der Waals surface area contributed by atoms with E-state index in [2.05, 4.69) is 10.6 Å². The Morgan fingerprint density at radius 2 is 2.07 bits per heavy atom. The second-order valence-electron chi connectivity index (χ2n) is 7.29. The number of Topliss-reactive ketones (excluding diaryl/α,β-unsaturated/α-hetero) is 1. The molecule has 0 amide bonds. The molecular formula is C22H23FN2O3. The Morgan fingerprint density at radius 3 is 2.82 bits per heavy atom. The number of ether oxygens (including phenoxy) is 1. The highest BCUT2D eigenvalue weighted by molar-refractivity contribution is 5.99. The Bertz CT molecular complexity index is 888. The molecule has 1 spiro atoms. The van der Waals surface area contributed by atoms with Crippen LogP contribution in [-0.2, 0) is 9.53 Å². The van der Waals surface area contributed by atoms with Crippen molar-refractivity contribution in [3.05, 3.63) is 71.2 Å². The number of carbonyl (C=O) groups excluding carboxylic acids is 2. The van der Waals surface area contributed by atoms with Crippen LogP contribution in [0.15, 0.2) is 59.8 Å². The molecule has 2 aliphatic heterocycles. The van der Waals surface area contributed by atoms with Crippen molar-refractivity contribution in [2.45, 2.75) is 19.4 Å². The molecule has 3 atom stereocenters. The summed E-state index contributed by atoms with van der Waals surface area (Å²) in [5, 5.41) is 6.61. The van der Waals surface area contributed by atoms with E-state index in [1.165, 1.54) is 24.3 Å². The maximum Gasteiger partial charge on any atom is 0.323 e. The third-order valence-electron chi connectivity index (χ3n) is 5.85. The second kappa shape index (κ2) is 7.36. The number of hydrogen-bond acceptors (Lipinski definition) is 5. The van der Waals surface area contributed by atoms with Crippen LogP contribution in [0.3, 0.4) is 0 Å². The first-order chi connectivity index (χ1) is 13.6. The Labute approximate surface area is 163 Å². The third-order valence-corrected chi connectivity index (χ3v) is 5.85. The number of hydrogen-bond donors (Lipinski definition) is 2. The van der Waals surface area contributed by atoms with Gasteiger partial charge in [0.2, 0.25) is 0 Å². The van der Waals surface area contributed by atoms with Gasteiger partial charge in [-0.2, -0.15) is 0 Å².